The summed E-state index contributed by atoms with van der Waals surface area (Å²) in [6.07, 6.45) is 9.53. The second-order valence-corrected chi connectivity index (χ2v) is 16.3. The Bertz CT molecular complexity index is 1820. The summed E-state index contributed by atoms with van der Waals surface area (Å²) < 4.78 is 32.9. The van der Waals surface area contributed by atoms with Gasteiger partial charge in [0.05, 0.1) is 11.8 Å². The first kappa shape index (κ1) is 36.8. The van der Waals surface area contributed by atoms with Crippen molar-refractivity contribution < 1.29 is 28.2 Å². The van der Waals surface area contributed by atoms with Crippen LogP contribution in [0.2, 0.25) is 0 Å². The number of nitrogens with zero attached hydrogens (tertiary/aromatic N) is 7. The quantitative estimate of drug-likeness (QED) is 0.217. The maximum absolute atomic E-state index is 14.3. The number of amides is 2. The molecule has 13 heteroatoms. The number of carbonyl (C=O) groups is 2. The lowest BCUT2D eigenvalue weighted by molar-refractivity contribution is -0.0353. The van der Waals surface area contributed by atoms with E-state index in [9.17, 15) is 14.0 Å². The molecule has 3 aromatic rings. The number of aromatic nitrogens is 3. The monoisotopic (exact) mass is 729 g/mol. The largest absolute Gasteiger partial charge is 0.490 e. The van der Waals surface area contributed by atoms with Gasteiger partial charge in [-0.2, -0.15) is 0 Å². The Labute approximate surface area is 311 Å². The maximum Gasteiger partial charge on any atom is 0.410 e. The van der Waals surface area contributed by atoms with Crippen LogP contribution >= 0.6 is 0 Å². The highest BCUT2D eigenvalue weighted by Gasteiger charge is 2.54. The molecule has 0 radical (unpaired) electrons. The van der Waals surface area contributed by atoms with Gasteiger partial charge in [-0.25, -0.2) is 19.2 Å². The van der Waals surface area contributed by atoms with E-state index >= 15 is 0 Å². The fraction of sp³-hybridized carbons (Fsp3) is 0.575. The van der Waals surface area contributed by atoms with Gasteiger partial charge < -0.3 is 28.9 Å². The summed E-state index contributed by atoms with van der Waals surface area (Å²) >= 11 is 0. The van der Waals surface area contributed by atoms with E-state index < -0.39 is 11.4 Å². The minimum Gasteiger partial charge on any atom is -0.490 e. The Balaban J connectivity index is 0.935. The molecule has 0 unspecified atom stereocenters. The Morgan fingerprint density at radius 1 is 1.08 bits per heavy atom. The SMILES string of the molecule is CCN(C(=O)c1cc(F)ccc1Oc1cncnc1N1CC2(CC(Oc3ccnc4c3CN(CC[C@H]3CCN3C(=O)OC(C)(C)C)CC4)C2)C1)C(C)C. The summed E-state index contributed by atoms with van der Waals surface area (Å²) in [5, 5.41) is 0. The van der Waals surface area contributed by atoms with Crippen molar-refractivity contribution in [2.45, 2.75) is 104 Å². The number of pyridine rings is 1. The van der Waals surface area contributed by atoms with Crippen LogP contribution in [0, 0.1) is 11.2 Å². The molecule has 1 saturated carbocycles. The van der Waals surface area contributed by atoms with E-state index in [1.54, 1.807) is 11.1 Å². The third-order valence-electron chi connectivity index (χ3n) is 10.9. The number of hydrogen-bond donors (Lipinski definition) is 0. The minimum atomic E-state index is -0.502. The van der Waals surface area contributed by atoms with Crippen LogP contribution in [0.4, 0.5) is 15.0 Å². The number of carbonyl (C=O) groups excluding carboxylic acids is 2. The maximum atomic E-state index is 14.3. The lowest BCUT2D eigenvalue weighted by atomic mass is 9.61. The fourth-order valence-electron chi connectivity index (χ4n) is 8.14. The Morgan fingerprint density at radius 2 is 1.87 bits per heavy atom. The Kier molecular flexibility index (Phi) is 10.2. The summed E-state index contributed by atoms with van der Waals surface area (Å²) in [5.41, 5.74) is 2.08. The van der Waals surface area contributed by atoms with Crippen molar-refractivity contribution in [1.82, 2.24) is 29.7 Å². The topological polar surface area (TPSA) is 113 Å². The molecule has 3 fully saturated rings. The number of ether oxygens (including phenoxy) is 3. The van der Waals surface area contributed by atoms with Gasteiger partial charge in [-0.1, -0.05) is 0 Å². The highest BCUT2D eigenvalue weighted by atomic mass is 19.1. The molecule has 1 spiro atoms. The summed E-state index contributed by atoms with van der Waals surface area (Å²) in [4.78, 5) is 47.6. The molecule has 1 atom stereocenters. The van der Waals surface area contributed by atoms with E-state index in [1.807, 2.05) is 58.7 Å². The van der Waals surface area contributed by atoms with Gasteiger partial charge in [-0.3, -0.25) is 14.7 Å². The normalized spacial score (nSPS) is 19.6. The van der Waals surface area contributed by atoms with Crippen LogP contribution in [0.3, 0.4) is 0 Å². The molecule has 0 bridgehead atoms. The van der Waals surface area contributed by atoms with E-state index in [2.05, 4.69) is 24.8 Å². The lowest BCUT2D eigenvalue weighted by Crippen LogP contribution is -2.65. The predicted molar refractivity (Wildman–Crippen MR) is 198 cm³/mol. The first-order chi connectivity index (χ1) is 25.3. The van der Waals surface area contributed by atoms with Gasteiger partial charge in [-0.15, -0.1) is 0 Å². The zero-order chi connectivity index (χ0) is 37.5. The molecule has 12 nitrogen and oxygen atoms in total. The van der Waals surface area contributed by atoms with Gasteiger partial charge in [0.15, 0.2) is 11.6 Å². The van der Waals surface area contributed by atoms with Crippen molar-refractivity contribution in [2.75, 3.05) is 44.2 Å². The van der Waals surface area contributed by atoms with Crippen LogP contribution in [0.5, 0.6) is 17.2 Å². The molecule has 2 aromatic heterocycles. The van der Waals surface area contributed by atoms with Crippen LogP contribution in [-0.2, 0) is 17.7 Å². The molecule has 284 valence electrons. The number of anilines is 1. The predicted octanol–water partition coefficient (Wildman–Crippen LogP) is 6.48. The van der Waals surface area contributed by atoms with Crippen molar-refractivity contribution in [3.8, 4) is 17.2 Å². The molecule has 53 heavy (non-hydrogen) atoms. The summed E-state index contributed by atoms with van der Waals surface area (Å²) in [7, 11) is 0. The molecule has 7 rings (SSSR count). The number of hydrogen-bond acceptors (Lipinski definition) is 10. The third kappa shape index (κ3) is 7.90. The van der Waals surface area contributed by atoms with Crippen LogP contribution in [-0.4, -0.2) is 105 Å². The standard InChI is InChI=1S/C40H52FN7O5/c1-7-47(26(2)3)37(49)30-18-27(41)8-9-33(30)52-35-21-42-25-44-36(35)46-23-40(24-46)19-29(20-40)51-34-10-14-43-32-13-16-45(22-31(32)34)15-11-28-12-17-48(28)38(50)53-39(4,5)6/h8-10,14,18,21,25-26,28-29H,7,11-13,15-17,19-20,22-24H2,1-6H3/t28-/m0/s1. The molecular formula is C40H52FN7O5. The summed E-state index contributed by atoms with van der Waals surface area (Å²) in [6, 6.07) is 6.18. The smallest absolute Gasteiger partial charge is 0.410 e. The van der Waals surface area contributed by atoms with Gasteiger partial charge in [0.1, 0.15) is 35.3 Å². The van der Waals surface area contributed by atoms with Gasteiger partial charge in [-0.05, 0) is 91.5 Å². The van der Waals surface area contributed by atoms with Gasteiger partial charge >= 0.3 is 6.09 Å². The van der Waals surface area contributed by atoms with Crippen molar-refractivity contribution in [2.24, 2.45) is 5.41 Å². The minimum absolute atomic E-state index is 0.0486. The second-order valence-electron chi connectivity index (χ2n) is 16.3. The Hall–Kier alpha value is -4.52. The van der Waals surface area contributed by atoms with Crippen LogP contribution < -0.4 is 14.4 Å². The fourth-order valence-corrected chi connectivity index (χ4v) is 8.14. The zero-order valence-electron chi connectivity index (χ0n) is 31.8. The molecule has 2 saturated heterocycles. The highest BCUT2D eigenvalue weighted by molar-refractivity contribution is 5.97. The van der Waals surface area contributed by atoms with Crippen LogP contribution in [0.25, 0.3) is 0 Å². The van der Waals surface area contributed by atoms with Crippen molar-refractivity contribution in [1.29, 1.82) is 0 Å². The third-order valence-corrected chi connectivity index (χ3v) is 10.9. The molecular weight excluding hydrogens is 677 g/mol. The molecule has 5 heterocycles. The lowest BCUT2D eigenvalue weighted by Gasteiger charge is -2.59. The van der Waals surface area contributed by atoms with Crippen molar-refractivity contribution in [3.05, 3.63) is 65.6 Å². The molecule has 1 aliphatic carbocycles. The average Bonchev–Trinajstić information content (AvgIpc) is 3.05. The number of fused-ring (bicyclic) bond motifs is 1. The van der Waals surface area contributed by atoms with Gasteiger partial charge in [0.25, 0.3) is 5.91 Å². The first-order valence-corrected chi connectivity index (χ1v) is 19.0. The molecule has 1 aromatic carbocycles. The Morgan fingerprint density at radius 3 is 2.57 bits per heavy atom. The van der Waals surface area contributed by atoms with E-state index in [4.69, 9.17) is 14.2 Å². The average molecular weight is 730 g/mol. The van der Waals surface area contributed by atoms with E-state index in [0.29, 0.717) is 18.1 Å². The van der Waals surface area contributed by atoms with Gasteiger partial charge in [0, 0.05) is 87.2 Å². The number of halogens is 1. The zero-order valence-corrected chi connectivity index (χ0v) is 31.8. The van der Waals surface area contributed by atoms with E-state index in [0.717, 1.165) is 82.8 Å². The summed E-state index contributed by atoms with van der Waals surface area (Å²) in [5.74, 6) is 1.47. The molecule has 4 aliphatic rings. The molecule has 3 aliphatic heterocycles. The summed E-state index contributed by atoms with van der Waals surface area (Å²) in [6.45, 7) is 17.0. The van der Waals surface area contributed by atoms with Crippen molar-refractivity contribution in [3.63, 3.8) is 0 Å². The van der Waals surface area contributed by atoms with Gasteiger partial charge in [0.2, 0.25) is 0 Å². The first-order valence-electron chi connectivity index (χ1n) is 19.0. The second kappa shape index (κ2) is 14.7. The van der Waals surface area contributed by atoms with Crippen LogP contribution in [0.15, 0.2) is 43.0 Å². The highest BCUT2D eigenvalue weighted by Crippen LogP contribution is 2.52. The number of rotatable bonds is 11. The van der Waals surface area contributed by atoms with E-state index in [-0.39, 0.29) is 46.9 Å². The number of benzene rings is 1. The molecule has 2 amide bonds. The van der Waals surface area contributed by atoms with E-state index in [1.165, 1.54) is 30.1 Å². The van der Waals surface area contributed by atoms with Crippen LogP contribution in [0.1, 0.15) is 88.8 Å². The van der Waals surface area contributed by atoms with Crippen molar-refractivity contribution >= 4 is 17.8 Å². The molecule has 0 N–H and O–H groups in total. The number of likely N-dealkylation sites (tertiary alicyclic amines) is 1.